The molecule has 3 aromatic rings. The van der Waals surface area contributed by atoms with Crippen molar-refractivity contribution in [2.75, 3.05) is 6.61 Å². The quantitative estimate of drug-likeness (QED) is 0.494. The molecule has 0 aliphatic carbocycles. The number of ether oxygens (including phenoxy) is 1. The highest BCUT2D eigenvalue weighted by atomic mass is 32.2. The predicted molar refractivity (Wildman–Crippen MR) is 94.6 cm³/mol. The summed E-state index contributed by atoms with van der Waals surface area (Å²) in [5.41, 5.74) is 2.36. The van der Waals surface area contributed by atoms with Gasteiger partial charge in [0.1, 0.15) is 6.54 Å². The van der Waals surface area contributed by atoms with Crippen LogP contribution in [0.15, 0.2) is 65.7 Å². The number of para-hydroxylation sites is 1. The lowest BCUT2D eigenvalue weighted by Crippen LogP contribution is -2.12. The Balaban J connectivity index is 1.84. The van der Waals surface area contributed by atoms with Crippen LogP contribution in [0.2, 0.25) is 0 Å². The van der Waals surface area contributed by atoms with E-state index in [-0.39, 0.29) is 12.5 Å². The number of carbonyl (C=O) groups excluding carboxylic acids is 1. The standard InChI is InChI=1S/C19H19NO2S/c1-2-22-19(21)13-20-12-18(16-10-6-7-11-17(16)20)23-14-15-8-4-3-5-9-15/h3-12H,2,13-14H2,1H3. The summed E-state index contributed by atoms with van der Waals surface area (Å²) in [6.45, 7) is 2.49. The van der Waals surface area contributed by atoms with Crippen LogP contribution in [0, 0.1) is 0 Å². The number of benzene rings is 2. The number of fused-ring (bicyclic) bond motifs is 1. The number of thioether (sulfide) groups is 1. The topological polar surface area (TPSA) is 31.2 Å². The van der Waals surface area contributed by atoms with E-state index >= 15 is 0 Å². The third-order valence-corrected chi connectivity index (χ3v) is 4.71. The maximum absolute atomic E-state index is 11.8. The van der Waals surface area contributed by atoms with Gasteiger partial charge in [0.15, 0.2) is 0 Å². The smallest absolute Gasteiger partial charge is 0.325 e. The summed E-state index contributed by atoms with van der Waals surface area (Å²) < 4.78 is 7.04. The lowest BCUT2D eigenvalue weighted by molar-refractivity contribution is -0.143. The lowest BCUT2D eigenvalue weighted by Gasteiger charge is -2.04. The third kappa shape index (κ3) is 3.77. The number of hydrogen-bond acceptors (Lipinski definition) is 3. The van der Waals surface area contributed by atoms with E-state index in [0.29, 0.717) is 6.61 Å². The van der Waals surface area contributed by atoms with Crippen LogP contribution in [0.1, 0.15) is 12.5 Å². The van der Waals surface area contributed by atoms with Crippen LogP contribution in [0.3, 0.4) is 0 Å². The molecular formula is C19H19NO2S. The molecule has 2 aromatic carbocycles. The Bertz CT molecular complexity index is 795. The van der Waals surface area contributed by atoms with Gasteiger partial charge in [-0.3, -0.25) is 4.79 Å². The summed E-state index contributed by atoms with van der Waals surface area (Å²) >= 11 is 1.79. The number of aromatic nitrogens is 1. The molecule has 3 rings (SSSR count). The highest BCUT2D eigenvalue weighted by Gasteiger charge is 2.11. The van der Waals surface area contributed by atoms with Gasteiger partial charge in [0.25, 0.3) is 0 Å². The zero-order chi connectivity index (χ0) is 16.1. The van der Waals surface area contributed by atoms with Gasteiger partial charge in [0, 0.05) is 27.7 Å². The van der Waals surface area contributed by atoms with Crippen molar-refractivity contribution < 1.29 is 9.53 Å². The monoisotopic (exact) mass is 325 g/mol. The highest BCUT2D eigenvalue weighted by Crippen LogP contribution is 2.32. The number of nitrogens with zero attached hydrogens (tertiary/aromatic N) is 1. The molecule has 0 saturated heterocycles. The van der Waals surface area contributed by atoms with Crippen molar-refractivity contribution in [1.29, 1.82) is 0 Å². The van der Waals surface area contributed by atoms with Crippen LogP contribution in [0.4, 0.5) is 0 Å². The minimum Gasteiger partial charge on any atom is -0.465 e. The van der Waals surface area contributed by atoms with Crippen LogP contribution in [0.25, 0.3) is 10.9 Å². The average molecular weight is 325 g/mol. The van der Waals surface area contributed by atoms with Gasteiger partial charge in [-0.05, 0) is 18.6 Å². The largest absolute Gasteiger partial charge is 0.465 e. The molecule has 1 heterocycles. The van der Waals surface area contributed by atoms with E-state index in [1.54, 1.807) is 11.8 Å². The fraction of sp³-hybridized carbons (Fsp3) is 0.211. The highest BCUT2D eigenvalue weighted by molar-refractivity contribution is 7.98. The van der Waals surface area contributed by atoms with Crippen molar-refractivity contribution in [1.82, 2.24) is 4.57 Å². The molecule has 118 valence electrons. The van der Waals surface area contributed by atoms with Gasteiger partial charge in [-0.1, -0.05) is 48.5 Å². The number of carbonyl (C=O) groups is 1. The predicted octanol–water partition coefficient (Wildman–Crippen LogP) is 4.50. The van der Waals surface area contributed by atoms with E-state index in [0.717, 1.165) is 11.3 Å². The summed E-state index contributed by atoms with van der Waals surface area (Å²) in [5, 5.41) is 1.18. The number of hydrogen-bond donors (Lipinski definition) is 0. The molecule has 0 aliphatic heterocycles. The van der Waals surface area contributed by atoms with Crippen molar-refractivity contribution in [2.24, 2.45) is 0 Å². The van der Waals surface area contributed by atoms with Crippen LogP contribution >= 0.6 is 11.8 Å². The molecule has 0 N–H and O–H groups in total. The number of rotatable bonds is 6. The van der Waals surface area contributed by atoms with Crippen molar-refractivity contribution in [2.45, 2.75) is 24.1 Å². The first-order valence-corrected chi connectivity index (χ1v) is 8.66. The second kappa shape index (κ2) is 7.38. The van der Waals surface area contributed by atoms with Crippen LogP contribution in [-0.2, 0) is 21.8 Å². The summed E-state index contributed by atoms with van der Waals surface area (Å²) in [6, 6.07) is 18.6. The molecule has 0 radical (unpaired) electrons. The molecule has 0 atom stereocenters. The average Bonchev–Trinajstić information content (AvgIpc) is 2.92. The molecule has 0 spiro atoms. The summed E-state index contributed by atoms with van der Waals surface area (Å²) in [6.07, 6.45) is 2.05. The zero-order valence-electron chi connectivity index (χ0n) is 13.1. The molecule has 1 aromatic heterocycles. The maximum Gasteiger partial charge on any atom is 0.325 e. The molecule has 0 fully saturated rings. The van der Waals surface area contributed by atoms with Crippen molar-refractivity contribution in [3.8, 4) is 0 Å². The molecule has 0 unspecified atom stereocenters. The first-order valence-electron chi connectivity index (χ1n) is 7.68. The maximum atomic E-state index is 11.8. The Labute approximate surface area is 140 Å². The van der Waals surface area contributed by atoms with E-state index in [9.17, 15) is 4.79 Å². The summed E-state index contributed by atoms with van der Waals surface area (Å²) in [7, 11) is 0. The molecule has 0 amide bonds. The van der Waals surface area contributed by atoms with Crippen molar-refractivity contribution in [3.63, 3.8) is 0 Å². The second-order valence-electron chi connectivity index (χ2n) is 5.22. The number of esters is 1. The van der Waals surface area contributed by atoms with E-state index in [2.05, 4.69) is 36.5 Å². The molecule has 23 heavy (non-hydrogen) atoms. The first kappa shape index (κ1) is 15.7. The summed E-state index contributed by atoms with van der Waals surface area (Å²) in [4.78, 5) is 13.0. The van der Waals surface area contributed by atoms with Gasteiger partial charge in [0.05, 0.1) is 6.61 Å². The van der Waals surface area contributed by atoms with E-state index in [1.165, 1.54) is 15.8 Å². The SMILES string of the molecule is CCOC(=O)Cn1cc(SCc2ccccc2)c2ccccc21. The first-order chi connectivity index (χ1) is 11.3. The Morgan fingerprint density at radius 2 is 1.83 bits per heavy atom. The molecule has 0 bridgehead atoms. The van der Waals surface area contributed by atoms with E-state index in [1.807, 2.05) is 35.8 Å². The Morgan fingerprint density at radius 3 is 2.61 bits per heavy atom. The van der Waals surface area contributed by atoms with Crippen molar-refractivity contribution >= 4 is 28.6 Å². The van der Waals surface area contributed by atoms with Gasteiger partial charge in [-0.2, -0.15) is 0 Å². The van der Waals surface area contributed by atoms with Crippen LogP contribution < -0.4 is 0 Å². The minimum absolute atomic E-state index is 0.201. The van der Waals surface area contributed by atoms with E-state index in [4.69, 9.17) is 4.74 Å². The fourth-order valence-electron chi connectivity index (χ4n) is 2.54. The normalized spacial score (nSPS) is 10.8. The molecule has 4 heteroatoms. The van der Waals surface area contributed by atoms with Gasteiger partial charge in [-0.25, -0.2) is 0 Å². The van der Waals surface area contributed by atoms with Gasteiger partial charge in [0.2, 0.25) is 0 Å². The fourth-order valence-corrected chi connectivity index (χ4v) is 3.58. The lowest BCUT2D eigenvalue weighted by atomic mass is 10.2. The van der Waals surface area contributed by atoms with Crippen LogP contribution in [0.5, 0.6) is 0 Å². The Morgan fingerprint density at radius 1 is 1.09 bits per heavy atom. The minimum atomic E-state index is -0.201. The Hall–Kier alpha value is -2.20. The second-order valence-corrected chi connectivity index (χ2v) is 6.23. The molecule has 0 aliphatic rings. The summed E-state index contributed by atoms with van der Waals surface area (Å²) in [5.74, 6) is 0.710. The van der Waals surface area contributed by atoms with Crippen LogP contribution in [-0.4, -0.2) is 17.1 Å². The Kier molecular flexibility index (Phi) is 5.03. The van der Waals surface area contributed by atoms with Gasteiger partial charge in [-0.15, -0.1) is 11.8 Å². The van der Waals surface area contributed by atoms with Gasteiger partial charge >= 0.3 is 5.97 Å². The third-order valence-electron chi connectivity index (χ3n) is 3.59. The zero-order valence-corrected chi connectivity index (χ0v) is 13.9. The molecule has 0 saturated carbocycles. The van der Waals surface area contributed by atoms with Gasteiger partial charge < -0.3 is 9.30 Å². The molecular weight excluding hydrogens is 306 g/mol. The van der Waals surface area contributed by atoms with E-state index < -0.39 is 0 Å². The van der Waals surface area contributed by atoms with Crippen molar-refractivity contribution in [3.05, 3.63) is 66.4 Å². The molecule has 3 nitrogen and oxygen atoms in total.